The maximum Gasteiger partial charge on any atom is 0.319 e. The van der Waals surface area contributed by atoms with Crippen LogP contribution in [0.1, 0.15) is 59.5 Å². The van der Waals surface area contributed by atoms with Crippen molar-refractivity contribution in [3.8, 4) is 11.8 Å². The molecule has 1 N–H and O–H groups in total. The first kappa shape index (κ1) is 31.2. The Bertz CT molecular complexity index is 1750. The third-order valence-electron chi connectivity index (χ3n) is 8.93. The number of nitrogens with zero attached hydrogens (tertiary/aromatic N) is 7. The second-order valence-electron chi connectivity index (χ2n) is 11.9. The molecule has 1 amide bonds. The molecule has 3 aliphatic heterocycles. The van der Waals surface area contributed by atoms with Gasteiger partial charge in [-0.05, 0) is 61.9 Å². The molecule has 47 heavy (non-hydrogen) atoms. The van der Waals surface area contributed by atoms with Crippen LogP contribution in [-0.4, -0.2) is 84.2 Å². The number of nitrogens with one attached hydrogen (secondary N) is 1. The number of benzene rings is 2. The van der Waals surface area contributed by atoms with E-state index >= 15 is 4.39 Å². The van der Waals surface area contributed by atoms with Gasteiger partial charge in [0.2, 0.25) is 0 Å². The number of hydrogen-bond donors (Lipinski definition) is 1. The Balaban J connectivity index is 1.24. The number of aryl methyl sites for hydroxylation is 1. The molecule has 0 aliphatic carbocycles. The monoisotopic (exact) mass is 646 g/mol. The minimum absolute atomic E-state index is 0.0277. The zero-order valence-corrected chi connectivity index (χ0v) is 26.7. The lowest BCUT2D eigenvalue weighted by atomic mass is 9.99. The second kappa shape index (κ2) is 13.8. The fourth-order valence-corrected chi connectivity index (χ4v) is 6.61. The van der Waals surface area contributed by atoms with Crippen LogP contribution in [-0.2, 0) is 29.0 Å². The first-order valence-electron chi connectivity index (χ1n) is 16.2. The Morgan fingerprint density at radius 1 is 1.11 bits per heavy atom. The number of amides is 1. The lowest BCUT2D eigenvalue weighted by Gasteiger charge is -2.24. The highest BCUT2D eigenvalue weighted by Gasteiger charge is 2.37. The van der Waals surface area contributed by atoms with E-state index < -0.39 is 0 Å². The predicted molar refractivity (Wildman–Crippen MR) is 171 cm³/mol. The van der Waals surface area contributed by atoms with Crippen LogP contribution in [0, 0.1) is 5.82 Å². The molecule has 4 aromatic rings. The van der Waals surface area contributed by atoms with Crippen LogP contribution in [0.25, 0.3) is 10.8 Å². The van der Waals surface area contributed by atoms with Crippen molar-refractivity contribution in [1.82, 2.24) is 30.3 Å². The van der Waals surface area contributed by atoms with Gasteiger partial charge in [-0.1, -0.05) is 18.2 Å². The van der Waals surface area contributed by atoms with E-state index in [1.165, 1.54) is 13.2 Å². The largest absolute Gasteiger partial charge is 0.467 e. The summed E-state index contributed by atoms with van der Waals surface area (Å²) in [7, 11) is 1.54. The third-order valence-corrected chi connectivity index (χ3v) is 8.93. The molecule has 2 saturated heterocycles. The van der Waals surface area contributed by atoms with Crippen molar-refractivity contribution in [2.45, 2.75) is 51.8 Å². The molecular formula is C33H39FN8O5. The van der Waals surface area contributed by atoms with Gasteiger partial charge in [0.1, 0.15) is 35.2 Å². The van der Waals surface area contributed by atoms with Gasteiger partial charge in [-0.15, -0.1) is 5.10 Å². The number of hydrogen-bond acceptors (Lipinski definition) is 11. The number of carbonyl (C=O) groups excluding carboxylic acids is 1. The van der Waals surface area contributed by atoms with Gasteiger partial charge >= 0.3 is 6.01 Å². The number of piperidine rings is 1. The fraction of sp³-hybridized carbons (Fsp3) is 0.485. The van der Waals surface area contributed by atoms with Crippen LogP contribution >= 0.6 is 0 Å². The quantitative estimate of drug-likeness (QED) is 0.253. The van der Waals surface area contributed by atoms with Crippen LogP contribution in [0.4, 0.5) is 15.9 Å². The van der Waals surface area contributed by atoms with Crippen LogP contribution < -0.4 is 24.6 Å². The molecular weight excluding hydrogens is 607 g/mol. The van der Waals surface area contributed by atoms with Gasteiger partial charge in [-0.25, -0.2) is 9.07 Å². The van der Waals surface area contributed by atoms with Crippen molar-refractivity contribution in [3.05, 3.63) is 58.8 Å². The molecule has 13 nitrogen and oxygen atoms in total. The highest BCUT2D eigenvalue weighted by Crippen LogP contribution is 2.41. The first-order chi connectivity index (χ1) is 23.0. The summed E-state index contributed by atoms with van der Waals surface area (Å²) in [5.74, 6) is 0.408. The molecule has 2 aromatic carbocycles. The lowest BCUT2D eigenvalue weighted by molar-refractivity contribution is 0.0512. The molecule has 14 heteroatoms. The van der Waals surface area contributed by atoms with E-state index in [1.54, 1.807) is 17.0 Å². The van der Waals surface area contributed by atoms with Crippen LogP contribution in [0.3, 0.4) is 0 Å². The van der Waals surface area contributed by atoms with Crippen molar-refractivity contribution < 1.29 is 28.1 Å². The molecule has 0 bridgehead atoms. The van der Waals surface area contributed by atoms with Crippen LogP contribution in [0.15, 0.2) is 30.5 Å². The molecule has 0 atom stereocenters. The second-order valence-corrected chi connectivity index (χ2v) is 11.9. The Kier molecular flexibility index (Phi) is 9.14. The average Bonchev–Trinajstić information content (AvgIpc) is 3.60. The standard InChI is InChI=1S/C33H39FN8O5/c1-3-25-26(34)6-5-21-15-24(47-20-44-2)16-28(29(21)25)41-18-27-30(32(41)43)31(40-11-4-13-45-14-12-40)37-33(36-27)46-19-22-17-42(39-38-22)23-7-9-35-10-8-23/h5-6,15-17,23,35H,3-4,7-14,18-20H2,1-2H3. The molecule has 248 valence electrons. The predicted octanol–water partition coefficient (Wildman–Crippen LogP) is 3.80. The topological polar surface area (TPSA) is 129 Å². The maximum atomic E-state index is 15.2. The summed E-state index contributed by atoms with van der Waals surface area (Å²) in [4.78, 5) is 27.6. The lowest BCUT2D eigenvalue weighted by Crippen LogP contribution is -2.30. The Morgan fingerprint density at radius 2 is 1.98 bits per heavy atom. The van der Waals surface area contributed by atoms with Crippen LogP contribution in [0.5, 0.6) is 11.8 Å². The van der Waals surface area contributed by atoms with Gasteiger partial charge in [0.25, 0.3) is 5.91 Å². The van der Waals surface area contributed by atoms with Gasteiger partial charge in [0.15, 0.2) is 6.79 Å². The molecule has 0 radical (unpaired) electrons. The number of aromatic nitrogens is 5. The number of ether oxygens (including phenoxy) is 4. The molecule has 7 rings (SSSR count). The summed E-state index contributed by atoms with van der Waals surface area (Å²) in [5, 5.41) is 13.4. The minimum atomic E-state index is -0.325. The highest BCUT2D eigenvalue weighted by atomic mass is 19.1. The summed E-state index contributed by atoms with van der Waals surface area (Å²) < 4.78 is 39.8. The van der Waals surface area contributed by atoms with E-state index in [0.29, 0.717) is 83.9 Å². The number of anilines is 2. The van der Waals surface area contributed by atoms with Crippen molar-refractivity contribution in [2.24, 2.45) is 0 Å². The van der Waals surface area contributed by atoms with E-state index in [0.717, 1.165) is 37.7 Å². The zero-order chi connectivity index (χ0) is 32.3. The number of methoxy groups -OCH3 is 1. The smallest absolute Gasteiger partial charge is 0.319 e. The molecule has 2 fully saturated rings. The fourth-order valence-electron chi connectivity index (χ4n) is 6.61. The van der Waals surface area contributed by atoms with Crippen molar-refractivity contribution in [3.63, 3.8) is 0 Å². The molecule has 2 aromatic heterocycles. The van der Waals surface area contributed by atoms with E-state index in [2.05, 4.69) is 20.5 Å². The van der Waals surface area contributed by atoms with Gasteiger partial charge in [-0.3, -0.25) is 4.79 Å². The average molecular weight is 647 g/mol. The van der Waals surface area contributed by atoms with Gasteiger partial charge in [0.05, 0.1) is 36.8 Å². The number of fused-ring (bicyclic) bond motifs is 2. The first-order valence-corrected chi connectivity index (χ1v) is 16.2. The summed E-state index contributed by atoms with van der Waals surface area (Å²) in [6.07, 6.45) is 5.13. The van der Waals surface area contributed by atoms with Crippen molar-refractivity contribution >= 4 is 28.2 Å². The maximum absolute atomic E-state index is 15.2. The SMILES string of the molecule is CCc1c(F)ccc2cc(OCOC)cc(N3Cc4nc(OCc5cn(C6CCNCC6)nn5)nc(N5CCCOCC5)c4C3=O)c12. The van der Waals surface area contributed by atoms with E-state index in [4.69, 9.17) is 28.9 Å². The molecule has 0 saturated carbocycles. The zero-order valence-electron chi connectivity index (χ0n) is 26.7. The highest BCUT2D eigenvalue weighted by molar-refractivity contribution is 6.16. The minimum Gasteiger partial charge on any atom is -0.467 e. The molecule has 0 unspecified atom stereocenters. The van der Waals surface area contributed by atoms with Gasteiger partial charge in [0, 0.05) is 38.3 Å². The molecule has 5 heterocycles. The number of halogens is 1. The normalized spacial score (nSPS) is 17.3. The van der Waals surface area contributed by atoms with E-state index in [9.17, 15) is 4.79 Å². The van der Waals surface area contributed by atoms with Crippen LogP contribution in [0.2, 0.25) is 0 Å². The van der Waals surface area contributed by atoms with E-state index in [1.807, 2.05) is 23.9 Å². The summed E-state index contributed by atoms with van der Waals surface area (Å²) in [6.45, 7) is 6.48. The van der Waals surface area contributed by atoms with Gasteiger partial charge in [-0.2, -0.15) is 9.97 Å². The molecule has 0 spiro atoms. The summed E-state index contributed by atoms with van der Waals surface area (Å²) in [5.41, 5.74) is 2.67. The third kappa shape index (κ3) is 6.32. The number of rotatable bonds is 10. The Hall–Kier alpha value is -4.40. The Morgan fingerprint density at radius 3 is 2.81 bits per heavy atom. The Labute approximate surface area is 271 Å². The van der Waals surface area contributed by atoms with Crippen molar-refractivity contribution in [2.75, 3.05) is 63.1 Å². The van der Waals surface area contributed by atoms with E-state index in [-0.39, 0.29) is 37.7 Å². The summed E-state index contributed by atoms with van der Waals surface area (Å²) in [6, 6.07) is 7.21. The molecule has 3 aliphatic rings. The van der Waals surface area contributed by atoms with Crippen molar-refractivity contribution in [1.29, 1.82) is 0 Å². The number of carbonyl (C=O) groups is 1. The van der Waals surface area contributed by atoms with Gasteiger partial charge < -0.3 is 34.1 Å². The summed E-state index contributed by atoms with van der Waals surface area (Å²) >= 11 is 0.